The first-order valence-electron chi connectivity index (χ1n) is 6.49. The Labute approximate surface area is 135 Å². The monoisotopic (exact) mass is 350 g/mol. The lowest BCUT2D eigenvalue weighted by atomic mass is 10.1. The van der Waals surface area contributed by atoms with Crippen LogP contribution in [0.2, 0.25) is 0 Å². The molecule has 11 nitrogen and oxygen atoms in total. The Morgan fingerprint density at radius 3 is 2.39 bits per heavy atom. The molecule has 0 fully saturated rings. The highest BCUT2D eigenvalue weighted by atomic mass is 32.2. The average Bonchev–Trinajstić information content (AvgIpc) is 2.48. The molecule has 0 rings (SSSR count). The maximum Gasteiger partial charge on any atom is 0.322 e. The number of nitrogens with zero attached hydrogens (tertiary/aromatic N) is 1. The number of hydrogen-bond donors (Lipinski definition) is 5. The summed E-state index contributed by atoms with van der Waals surface area (Å²) in [5.41, 5.74) is 5.28. The fourth-order valence-corrected chi connectivity index (χ4v) is 1.89. The van der Waals surface area contributed by atoms with Crippen molar-refractivity contribution in [3.8, 4) is 0 Å². The molecule has 6 N–H and O–H groups in total. The summed E-state index contributed by atoms with van der Waals surface area (Å²) < 4.78 is 2.50. The summed E-state index contributed by atoms with van der Waals surface area (Å²) in [4.78, 5) is 54.4. The SMILES string of the molecule is NC(CCCC(=O)NC(CSN=O)C(=O)NCC(=O)O)C(=O)O. The number of aliphatic carboxylic acids is 2. The van der Waals surface area contributed by atoms with Gasteiger partial charge in [-0.2, -0.15) is 0 Å². The number of nitrogens with two attached hydrogens (primary N) is 1. The highest BCUT2D eigenvalue weighted by Gasteiger charge is 2.22. The number of carboxylic acids is 2. The minimum atomic E-state index is -1.26. The molecule has 0 saturated carbocycles. The fourth-order valence-electron chi connectivity index (χ4n) is 1.45. The quantitative estimate of drug-likeness (QED) is 0.210. The first-order chi connectivity index (χ1) is 10.8. The highest BCUT2D eigenvalue weighted by Crippen LogP contribution is 2.05. The van der Waals surface area contributed by atoms with Crippen LogP contribution in [0, 0.1) is 4.91 Å². The average molecular weight is 350 g/mol. The molecule has 0 bridgehead atoms. The number of amides is 2. The smallest absolute Gasteiger partial charge is 0.322 e. The third kappa shape index (κ3) is 10.2. The van der Waals surface area contributed by atoms with Gasteiger partial charge in [-0.05, 0) is 12.8 Å². The van der Waals surface area contributed by atoms with E-state index in [1.165, 1.54) is 0 Å². The highest BCUT2D eigenvalue weighted by molar-refractivity contribution is 7.97. The van der Waals surface area contributed by atoms with E-state index in [-0.39, 0.29) is 25.0 Å². The summed E-state index contributed by atoms with van der Waals surface area (Å²) in [6.45, 7) is -0.627. The van der Waals surface area contributed by atoms with E-state index in [0.717, 1.165) is 0 Å². The van der Waals surface area contributed by atoms with Gasteiger partial charge in [0.25, 0.3) is 0 Å². The van der Waals surface area contributed by atoms with Crippen LogP contribution in [-0.4, -0.2) is 58.3 Å². The first-order valence-corrected chi connectivity index (χ1v) is 7.44. The molecule has 0 spiro atoms. The second kappa shape index (κ2) is 11.4. The van der Waals surface area contributed by atoms with Crippen molar-refractivity contribution in [3.63, 3.8) is 0 Å². The molecule has 0 aromatic rings. The van der Waals surface area contributed by atoms with Crippen molar-refractivity contribution < 1.29 is 29.4 Å². The van der Waals surface area contributed by atoms with Gasteiger partial charge in [-0.15, -0.1) is 4.91 Å². The molecule has 0 aromatic carbocycles. The van der Waals surface area contributed by atoms with Gasteiger partial charge in [0, 0.05) is 28.7 Å². The number of carboxylic acid groups (broad SMARTS) is 2. The first kappa shape index (κ1) is 20.8. The van der Waals surface area contributed by atoms with Crippen LogP contribution in [0.1, 0.15) is 19.3 Å². The van der Waals surface area contributed by atoms with E-state index >= 15 is 0 Å². The molecule has 0 aliphatic rings. The molecule has 130 valence electrons. The zero-order valence-electron chi connectivity index (χ0n) is 12.1. The zero-order chi connectivity index (χ0) is 17.8. The third-order valence-electron chi connectivity index (χ3n) is 2.60. The second-order valence-corrected chi connectivity index (χ2v) is 5.18. The lowest BCUT2D eigenvalue weighted by Gasteiger charge is -2.16. The minimum Gasteiger partial charge on any atom is -0.480 e. The third-order valence-corrected chi connectivity index (χ3v) is 3.18. The van der Waals surface area contributed by atoms with Gasteiger partial charge in [-0.25, -0.2) is 0 Å². The number of nitrogens with one attached hydrogen (secondary N) is 2. The molecule has 23 heavy (non-hydrogen) atoms. The topological polar surface area (TPSA) is 188 Å². The van der Waals surface area contributed by atoms with E-state index in [2.05, 4.69) is 15.2 Å². The Bertz CT molecular complexity index is 460. The van der Waals surface area contributed by atoms with Crippen LogP contribution in [0.5, 0.6) is 0 Å². The maximum atomic E-state index is 11.7. The van der Waals surface area contributed by atoms with Gasteiger partial charge in [0.2, 0.25) is 11.8 Å². The molecular formula is C11H18N4O7S. The molecule has 0 aliphatic heterocycles. The number of carbonyl (C=O) groups excluding carboxylic acids is 2. The van der Waals surface area contributed by atoms with E-state index in [0.29, 0.717) is 11.9 Å². The molecule has 2 amide bonds. The van der Waals surface area contributed by atoms with Crippen LogP contribution in [0.25, 0.3) is 0 Å². The molecular weight excluding hydrogens is 332 g/mol. The summed E-state index contributed by atoms with van der Waals surface area (Å²) in [6, 6.07) is -2.20. The minimum absolute atomic E-state index is 0.0666. The second-order valence-electron chi connectivity index (χ2n) is 4.44. The molecule has 0 aliphatic carbocycles. The van der Waals surface area contributed by atoms with Crippen LogP contribution in [0.15, 0.2) is 4.58 Å². The molecule has 2 atom stereocenters. The molecule has 0 radical (unpaired) electrons. The standard InChI is InChI=1S/C11H18N4O7S/c12-6(11(20)21)2-1-3-8(16)14-7(5-23-15-22)10(19)13-4-9(17)18/h6-7H,1-5,12H2,(H,13,19)(H,14,16)(H,17,18)(H,20,21). The summed E-state index contributed by atoms with van der Waals surface area (Å²) in [5, 5.41) is 21.5. The van der Waals surface area contributed by atoms with Crippen LogP contribution in [-0.2, 0) is 19.2 Å². The number of rotatable bonds is 12. The van der Waals surface area contributed by atoms with Gasteiger partial charge in [0.05, 0.1) is 0 Å². The summed E-state index contributed by atoms with van der Waals surface area (Å²) >= 11 is 0.502. The molecule has 0 saturated heterocycles. The van der Waals surface area contributed by atoms with E-state index in [4.69, 9.17) is 15.9 Å². The van der Waals surface area contributed by atoms with E-state index in [1.54, 1.807) is 0 Å². The van der Waals surface area contributed by atoms with Crippen LogP contribution < -0.4 is 16.4 Å². The Morgan fingerprint density at radius 1 is 1.22 bits per heavy atom. The molecule has 0 aromatic heterocycles. The fraction of sp³-hybridized carbons (Fsp3) is 0.636. The summed E-state index contributed by atoms with van der Waals surface area (Å²) in [7, 11) is 0. The van der Waals surface area contributed by atoms with Gasteiger partial charge in [0.1, 0.15) is 18.6 Å². The van der Waals surface area contributed by atoms with Crippen molar-refractivity contribution in [2.75, 3.05) is 12.3 Å². The Morgan fingerprint density at radius 2 is 1.87 bits per heavy atom. The van der Waals surface area contributed by atoms with Crippen molar-refractivity contribution in [2.24, 2.45) is 10.3 Å². The Kier molecular flexibility index (Phi) is 10.3. The van der Waals surface area contributed by atoms with Crippen LogP contribution in [0.4, 0.5) is 0 Å². The summed E-state index contributed by atoms with van der Waals surface area (Å²) in [5.74, 6) is -3.91. The summed E-state index contributed by atoms with van der Waals surface area (Å²) in [6.07, 6.45) is 0.216. The van der Waals surface area contributed by atoms with Gasteiger partial charge in [0.15, 0.2) is 0 Å². The number of nitroso groups, excluding NO2 is 1. The number of hydrogen-bond acceptors (Lipinski definition) is 8. The zero-order valence-corrected chi connectivity index (χ0v) is 12.9. The van der Waals surface area contributed by atoms with Gasteiger partial charge in [-0.3, -0.25) is 19.2 Å². The van der Waals surface area contributed by atoms with E-state index in [9.17, 15) is 24.1 Å². The number of carbonyl (C=O) groups is 4. The normalized spacial score (nSPS) is 12.7. The van der Waals surface area contributed by atoms with Crippen molar-refractivity contribution in [2.45, 2.75) is 31.3 Å². The predicted molar refractivity (Wildman–Crippen MR) is 80.3 cm³/mol. The Balaban J connectivity index is 4.37. The van der Waals surface area contributed by atoms with E-state index in [1.807, 2.05) is 0 Å². The largest absolute Gasteiger partial charge is 0.480 e. The van der Waals surface area contributed by atoms with Crippen molar-refractivity contribution in [3.05, 3.63) is 4.91 Å². The lowest BCUT2D eigenvalue weighted by molar-refractivity contribution is -0.139. The molecule has 2 unspecified atom stereocenters. The van der Waals surface area contributed by atoms with Crippen LogP contribution >= 0.6 is 11.9 Å². The van der Waals surface area contributed by atoms with Crippen LogP contribution in [0.3, 0.4) is 0 Å². The van der Waals surface area contributed by atoms with Crippen molar-refractivity contribution >= 4 is 35.7 Å². The molecule has 0 heterocycles. The molecule has 12 heteroatoms. The maximum absolute atomic E-state index is 11.7. The van der Waals surface area contributed by atoms with Gasteiger partial charge >= 0.3 is 11.9 Å². The Hall–Kier alpha value is -2.21. The van der Waals surface area contributed by atoms with Crippen molar-refractivity contribution in [1.29, 1.82) is 0 Å². The van der Waals surface area contributed by atoms with Crippen molar-refractivity contribution in [1.82, 2.24) is 10.6 Å². The predicted octanol–water partition coefficient (Wildman–Crippen LogP) is -1.33. The van der Waals surface area contributed by atoms with E-state index < -0.39 is 42.4 Å². The lowest BCUT2D eigenvalue weighted by Crippen LogP contribution is -2.49. The van der Waals surface area contributed by atoms with Gasteiger partial charge < -0.3 is 26.6 Å². The van der Waals surface area contributed by atoms with Gasteiger partial charge in [-0.1, -0.05) is 0 Å².